The number of ketones is 1. The lowest BCUT2D eigenvalue weighted by atomic mass is 10.1. The normalized spacial score (nSPS) is 10.4. The summed E-state index contributed by atoms with van der Waals surface area (Å²) < 4.78 is 131. The van der Waals surface area contributed by atoms with E-state index in [4.69, 9.17) is 25.4 Å². The van der Waals surface area contributed by atoms with Crippen molar-refractivity contribution in [2.75, 3.05) is 89.9 Å². The fourth-order valence-corrected chi connectivity index (χ4v) is 12.1. The molecule has 15 rings (SSSR count). The quantitative estimate of drug-likeness (QED) is 0.00759. The first-order chi connectivity index (χ1) is 70.8. The van der Waals surface area contributed by atoms with E-state index in [0.717, 1.165) is 35.8 Å². The molecule has 13 N–H and O–H groups in total. The second-order valence-corrected chi connectivity index (χ2v) is 29.5. The van der Waals surface area contributed by atoms with Crippen molar-refractivity contribution < 1.29 is 82.8 Å². The number of carbonyl (C=O) groups is 5. The molecule has 0 atom stereocenters. The summed E-state index contributed by atoms with van der Waals surface area (Å²) in [7, 11) is 3.01. The van der Waals surface area contributed by atoms with Crippen molar-refractivity contribution in [1.29, 1.82) is 5.26 Å². The summed E-state index contributed by atoms with van der Waals surface area (Å²) >= 11 is 0. The Balaban J connectivity index is 0.000000175. The lowest BCUT2D eigenvalue weighted by Crippen LogP contribution is -2.17. The molecule has 744 valence electrons. The number of benzene rings is 9. The number of pyridine rings is 1. The molecule has 0 saturated carbocycles. The van der Waals surface area contributed by atoms with Crippen LogP contribution in [-0.2, 0) is 25.4 Å². The van der Waals surface area contributed by atoms with E-state index in [-0.39, 0.29) is 88.7 Å². The second kappa shape index (κ2) is 53.0. The van der Waals surface area contributed by atoms with Gasteiger partial charge in [0.05, 0.1) is 32.8 Å². The van der Waals surface area contributed by atoms with Gasteiger partial charge in [0.2, 0.25) is 65.1 Å². The number of amides is 4. The van der Waals surface area contributed by atoms with Crippen molar-refractivity contribution in [2.45, 2.75) is 26.4 Å². The van der Waals surface area contributed by atoms with E-state index < -0.39 is 35.6 Å². The number of anilines is 22. The molecule has 0 aliphatic heterocycles. The highest BCUT2D eigenvalue weighted by atomic mass is 19.4. The highest BCUT2D eigenvalue weighted by Gasteiger charge is 2.36. The van der Waals surface area contributed by atoms with Crippen molar-refractivity contribution >= 4 is 156 Å². The number of halogens is 8. The summed E-state index contributed by atoms with van der Waals surface area (Å²) in [5, 5.41) is 46.3. The minimum absolute atomic E-state index is 0.0225. The topological polar surface area (TPSA) is 453 Å². The van der Waals surface area contributed by atoms with Crippen molar-refractivity contribution in [3.63, 3.8) is 0 Å². The number of rotatable bonds is 35. The first kappa shape index (κ1) is 107. The predicted octanol–water partition coefficient (Wildman–Crippen LogP) is 22.9. The smallest absolute Gasteiger partial charge is 0.497 e. The van der Waals surface area contributed by atoms with Gasteiger partial charge in [-0.25, -0.2) is 34.3 Å². The molecule has 0 spiro atoms. The molecule has 0 aliphatic rings. The van der Waals surface area contributed by atoms with Gasteiger partial charge < -0.3 is 92.8 Å². The van der Waals surface area contributed by atoms with Gasteiger partial charge in [0.25, 0.3) is 5.88 Å². The summed E-state index contributed by atoms with van der Waals surface area (Å²) in [5.74, 6) is 1.84. The lowest BCUT2D eigenvalue weighted by Gasteiger charge is -2.15. The van der Waals surface area contributed by atoms with E-state index in [2.05, 4.69) is 167 Å². The standard InChI is InChI=1S/C22H19F3N4O2.C22H17FN4O3.C21H18F3N5O2.C20H16N6O.C19H17FN6O2/c1-3-6-19(30)14-7-4-8-15(11-14)27-20-18(22(23,24)25)13-26-21(29-20)28-16-9-5-10-17(12-16)31-2;1-3-11-29-17-9-5-8-16(12-17)26-22-24-14-19(23)21(27-22)30-18-10-6-7-15(13-18)25-20(28)4-2;1-3-18(30)26-14-6-4-7-15(10-14)27-19-13(2)12-25-20(29-19)28-16-8-5-9-17(11-16)31-21(22,23)24;1-2-18(27)23-16-8-10-17(11-9-16)24-19-14(12-21)13-22-20(26-19)25-15-6-4-3-5-7-15;1-3-16(27)23-12-5-4-6-13(9-12)24-18-15(20)11-22-19(26-18)25-14-7-8-21-17(10-14)28-2/h3-13H,1-2H3,(H2,26,27,28,29);1,4-10,12-14H,2,11H2,(H,25,28)(H,24,26,27);3-12H,1H2,2H3,(H,26,30)(H2,25,27,28,29);2-11,13H,1H2,(H,23,27)(H2,22,24,25,26);3-11H,1H2,2H3,(H,23,27)(H2,21,22,24,25,26)/b6-3+;;;;. The Morgan fingerprint density at radius 1 is 0.401 bits per heavy atom. The number of nitrogens with one attached hydrogen (secondary N) is 13. The van der Waals surface area contributed by atoms with Gasteiger partial charge in [0.15, 0.2) is 23.2 Å². The molecular formula is C104H87F8N25O10. The Bertz CT molecular complexity index is 7330. The van der Waals surface area contributed by atoms with Gasteiger partial charge in [0, 0.05) is 134 Å². The van der Waals surface area contributed by atoms with Crippen LogP contribution in [0, 0.1) is 42.2 Å². The summed E-state index contributed by atoms with van der Waals surface area (Å²) in [6.45, 7) is 17.3. The molecule has 43 heteroatoms. The van der Waals surface area contributed by atoms with E-state index in [9.17, 15) is 64.4 Å². The van der Waals surface area contributed by atoms with Gasteiger partial charge in [-0.15, -0.1) is 19.6 Å². The minimum atomic E-state index is -4.78. The number of terminal acetylenes is 1. The monoisotopic (exact) mass is 2000 g/mol. The van der Waals surface area contributed by atoms with Crippen LogP contribution >= 0.6 is 0 Å². The number of carbonyl (C=O) groups excluding carboxylic acids is 5. The highest BCUT2D eigenvalue weighted by Crippen LogP contribution is 2.38. The number of nitriles is 1. The Morgan fingerprint density at radius 2 is 0.810 bits per heavy atom. The first-order valence-corrected chi connectivity index (χ1v) is 43.2. The molecule has 0 saturated heterocycles. The Labute approximate surface area is 835 Å². The van der Waals surface area contributed by atoms with Crippen molar-refractivity contribution in [2.24, 2.45) is 0 Å². The van der Waals surface area contributed by atoms with Crippen molar-refractivity contribution in [1.82, 2.24) is 54.8 Å². The number of methoxy groups -OCH3 is 2. The molecule has 6 aromatic heterocycles. The molecule has 6 heterocycles. The summed E-state index contributed by atoms with van der Waals surface area (Å²) in [6, 6.07) is 67.4. The number of hydrogen-bond donors (Lipinski definition) is 13. The van der Waals surface area contributed by atoms with Gasteiger partial charge in [-0.05, 0) is 184 Å². The Kier molecular flexibility index (Phi) is 38.6. The fourth-order valence-electron chi connectivity index (χ4n) is 12.1. The van der Waals surface area contributed by atoms with Crippen LogP contribution in [0.1, 0.15) is 34.0 Å². The van der Waals surface area contributed by atoms with Gasteiger partial charge in [0.1, 0.15) is 58.4 Å². The van der Waals surface area contributed by atoms with Crippen LogP contribution in [0.3, 0.4) is 0 Å². The van der Waals surface area contributed by atoms with Crippen molar-refractivity contribution in [3.05, 3.63) is 370 Å². The fraction of sp³-hybridized carbons (Fsp3) is 0.0673. The highest BCUT2D eigenvalue weighted by molar-refractivity contribution is 6.05. The van der Waals surface area contributed by atoms with E-state index in [0.29, 0.717) is 115 Å². The summed E-state index contributed by atoms with van der Waals surface area (Å²) in [4.78, 5) is 103. The summed E-state index contributed by atoms with van der Waals surface area (Å²) in [5.41, 5.74) is 7.74. The number of para-hydroxylation sites is 1. The van der Waals surface area contributed by atoms with Gasteiger partial charge in [-0.2, -0.15) is 47.7 Å². The molecule has 0 fully saturated rings. The molecule has 35 nitrogen and oxygen atoms in total. The number of ether oxygens (including phenoxy) is 5. The largest absolute Gasteiger partial charge is 0.573 e. The lowest BCUT2D eigenvalue weighted by molar-refractivity contribution is -0.274. The maximum absolute atomic E-state index is 14.2. The van der Waals surface area contributed by atoms with Gasteiger partial charge in [-0.1, -0.05) is 105 Å². The minimum Gasteiger partial charge on any atom is -0.497 e. The number of alkyl halides is 6. The van der Waals surface area contributed by atoms with E-state index >= 15 is 0 Å². The van der Waals surface area contributed by atoms with E-state index in [1.807, 2.05) is 30.3 Å². The van der Waals surface area contributed by atoms with Crippen LogP contribution in [0.4, 0.5) is 162 Å². The molecule has 147 heavy (non-hydrogen) atoms. The number of aryl methyl sites for hydroxylation is 1. The molecule has 0 bridgehead atoms. The van der Waals surface area contributed by atoms with Gasteiger partial charge >= 0.3 is 12.5 Å². The molecule has 4 amide bonds. The zero-order valence-electron chi connectivity index (χ0n) is 78.0. The SMILES string of the molecule is C#CCOc1cccc(Nc2ncc(F)c(Oc3cccc(NC(=O)C=C)c3)n2)c1.C/C=C/C(=O)c1cccc(Nc2nc(Nc3cccc(OC)c3)ncc2C(F)(F)F)c1.C=CC(=O)Nc1ccc(Nc2nc(Nc3ccccc3)ncc2C#N)cc1.C=CC(=O)Nc1cccc(Nc2nc(Nc3cccc(OC(F)(F)F)c3)ncc2C)c1.C=CC(=O)Nc1cccc(Nc2nc(Nc3ccnc(OC)c3)ncc2F)c1. The average molecular weight is 2000 g/mol. The van der Waals surface area contributed by atoms with Crippen LogP contribution in [-0.4, -0.2) is 111 Å². The Morgan fingerprint density at radius 3 is 1.36 bits per heavy atom. The second-order valence-electron chi connectivity index (χ2n) is 29.5. The zero-order chi connectivity index (χ0) is 105. The number of aromatic nitrogens is 11. The van der Waals surface area contributed by atoms with E-state index in [1.54, 1.807) is 208 Å². The maximum atomic E-state index is 14.2. The number of allylic oxidation sites excluding steroid dienone is 2. The summed E-state index contributed by atoms with van der Waals surface area (Å²) in [6.07, 6.45) is 10.7. The molecule has 15 aromatic rings. The van der Waals surface area contributed by atoms with Crippen LogP contribution in [0.2, 0.25) is 0 Å². The Hall–Kier alpha value is -20.5. The zero-order valence-corrected chi connectivity index (χ0v) is 78.0. The van der Waals surface area contributed by atoms with Crippen LogP contribution in [0.25, 0.3) is 0 Å². The van der Waals surface area contributed by atoms with Crippen LogP contribution in [0.5, 0.6) is 34.8 Å². The molecular weight excluding hydrogens is 1910 g/mol. The van der Waals surface area contributed by atoms with Crippen molar-refractivity contribution in [3.8, 4) is 53.2 Å². The first-order valence-electron chi connectivity index (χ1n) is 43.2. The van der Waals surface area contributed by atoms with Crippen LogP contribution < -0.4 is 92.8 Å². The third kappa shape index (κ3) is 34.8. The van der Waals surface area contributed by atoms with Crippen LogP contribution in [0.15, 0.2) is 337 Å². The number of nitrogens with zero attached hydrogens (tertiary/aromatic N) is 12. The average Bonchev–Trinajstić information content (AvgIpc) is 0.791. The molecule has 0 aliphatic carbocycles. The molecule has 0 unspecified atom stereocenters. The predicted molar refractivity (Wildman–Crippen MR) is 545 cm³/mol. The maximum Gasteiger partial charge on any atom is 0.573 e. The third-order valence-electron chi connectivity index (χ3n) is 18.7. The molecule has 9 aromatic carbocycles. The number of hydrogen-bond acceptors (Lipinski definition) is 31. The van der Waals surface area contributed by atoms with E-state index in [1.165, 1.54) is 69.0 Å². The van der Waals surface area contributed by atoms with Gasteiger partial charge in [-0.3, -0.25) is 24.0 Å². The molecule has 0 radical (unpaired) electrons. The third-order valence-corrected chi connectivity index (χ3v) is 18.7.